The standard InChI is InChI=1S/C25H20BrCl2N3O2S/c26-17-2-1-3-21(14-17)29-24(33)22-15-23(32)31(13-12-16-4-6-18(27)7-5-16)25(34-22)30-20-10-8-19(28)9-11-20/h1-11,14,22H,12-13,15H2,(H,29,33). The number of anilines is 1. The van der Waals surface area contributed by atoms with Gasteiger partial charge in [-0.05, 0) is 66.6 Å². The quantitative estimate of drug-likeness (QED) is 0.345. The van der Waals surface area contributed by atoms with Crippen LogP contribution >= 0.6 is 50.9 Å². The summed E-state index contributed by atoms with van der Waals surface area (Å²) in [6.45, 7) is 0.444. The van der Waals surface area contributed by atoms with Crippen molar-refractivity contribution >= 4 is 79.3 Å². The van der Waals surface area contributed by atoms with Crippen molar-refractivity contribution in [1.29, 1.82) is 0 Å². The van der Waals surface area contributed by atoms with Crippen LogP contribution in [0.1, 0.15) is 12.0 Å². The summed E-state index contributed by atoms with van der Waals surface area (Å²) in [4.78, 5) is 32.5. The van der Waals surface area contributed by atoms with E-state index in [9.17, 15) is 9.59 Å². The highest BCUT2D eigenvalue weighted by Gasteiger charge is 2.35. The van der Waals surface area contributed by atoms with Gasteiger partial charge in [-0.1, -0.05) is 69.1 Å². The third kappa shape index (κ3) is 6.63. The number of halogens is 3. The number of carbonyl (C=O) groups is 2. The van der Waals surface area contributed by atoms with Crippen molar-refractivity contribution in [2.75, 3.05) is 11.9 Å². The van der Waals surface area contributed by atoms with Gasteiger partial charge >= 0.3 is 0 Å². The van der Waals surface area contributed by atoms with E-state index in [4.69, 9.17) is 23.2 Å². The summed E-state index contributed by atoms with van der Waals surface area (Å²) in [6.07, 6.45) is 0.725. The van der Waals surface area contributed by atoms with E-state index < -0.39 is 5.25 Å². The number of hydrogen-bond donors (Lipinski definition) is 1. The summed E-state index contributed by atoms with van der Waals surface area (Å²) in [7, 11) is 0. The van der Waals surface area contributed by atoms with Crippen molar-refractivity contribution in [1.82, 2.24) is 4.90 Å². The Balaban J connectivity index is 1.55. The second kappa shape index (κ2) is 11.4. The molecule has 1 fully saturated rings. The molecule has 0 radical (unpaired) electrons. The van der Waals surface area contributed by atoms with Gasteiger partial charge in [0.15, 0.2) is 5.17 Å². The molecule has 1 N–H and O–H groups in total. The summed E-state index contributed by atoms with van der Waals surface area (Å²) < 4.78 is 0.857. The van der Waals surface area contributed by atoms with Crippen LogP contribution in [-0.4, -0.2) is 33.7 Å². The molecule has 9 heteroatoms. The zero-order valence-electron chi connectivity index (χ0n) is 17.9. The third-order valence-corrected chi connectivity index (χ3v) is 7.30. The molecule has 0 aliphatic carbocycles. The van der Waals surface area contributed by atoms with Crippen molar-refractivity contribution in [2.24, 2.45) is 4.99 Å². The molecule has 1 heterocycles. The molecule has 3 aromatic carbocycles. The molecule has 5 nitrogen and oxygen atoms in total. The maximum absolute atomic E-state index is 13.1. The van der Waals surface area contributed by atoms with Crippen LogP contribution in [0.3, 0.4) is 0 Å². The predicted octanol–water partition coefficient (Wildman–Crippen LogP) is 6.96. The van der Waals surface area contributed by atoms with Crippen LogP contribution in [0, 0.1) is 0 Å². The van der Waals surface area contributed by atoms with Crippen LogP contribution in [-0.2, 0) is 16.0 Å². The number of amidine groups is 1. The zero-order chi connectivity index (χ0) is 24.1. The average Bonchev–Trinajstić information content (AvgIpc) is 2.81. The first kappa shape index (κ1) is 24.8. The normalized spacial score (nSPS) is 17.1. The number of benzene rings is 3. The maximum Gasteiger partial charge on any atom is 0.238 e. The minimum Gasteiger partial charge on any atom is -0.325 e. The Bertz CT molecular complexity index is 1220. The van der Waals surface area contributed by atoms with Gasteiger partial charge in [0, 0.05) is 33.2 Å². The van der Waals surface area contributed by atoms with Crippen LogP contribution in [0.2, 0.25) is 10.0 Å². The van der Waals surface area contributed by atoms with Gasteiger partial charge < -0.3 is 5.32 Å². The van der Waals surface area contributed by atoms with E-state index in [1.807, 2.05) is 42.5 Å². The molecule has 2 amide bonds. The molecule has 1 aliphatic heterocycles. The third-order valence-electron chi connectivity index (χ3n) is 5.11. The zero-order valence-corrected chi connectivity index (χ0v) is 21.8. The van der Waals surface area contributed by atoms with E-state index in [0.29, 0.717) is 39.6 Å². The van der Waals surface area contributed by atoms with Gasteiger partial charge in [-0.25, -0.2) is 4.99 Å². The van der Waals surface area contributed by atoms with Gasteiger partial charge in [0.1, 0.15) is 5.25 Å². The van der Waals surface area contributed by atoms with Crippen LogP contribution < -0.4 is 5.32 Å². The minimum atomic E-state index is -0.593. The lowest BCUT2D eigenvalue weighted by Gasteiger charge is -2.32. The van der Waals surface area contributed by atoms with Crippen molar-refractivity contribution < 1.29 is 9.59 Å². The first-order chi connectivity index (χ1) is 16.4. The van der Waals surface area contributed by atoms with Crippen molar-refractivity contribution in [2.45, 2.75) is 18.1 Å². The largest absolute Gasteiger partial charge is 0.325 e. The first-order valence-electron chi connectivity index (χ1n) is 10.5. The molecule has 1 unspecified atom stereocenters. The van der Waals surface area contributed by atoms with Gasteiger partial charge in [-0.2, -0.15) is 0 Å². The molecule has 0 bridgehead atoms. The van der Waals surface area contributed by atoms with Crippen molar-refractivity contribution in [3.05, 3.63) is 92.9 Å². The van der Waals surface area contributed by atoms with Crippen molar-refractivity contribution in [3.8, 4) is 0 Å². The summed E-state index contributed by atoms with van der Waals surface area (Å²) in [5, 5.41) is 4.06. The number of amides is 2. The lowest BCUT2D eigenvalue weighted by Crippen LogP contribution is -2.46. The van der Waals surface area contributed by atoms with Crippen LogP contribution in [0.25, 0.3) is 0 Å². The Morgan fingerprint density at radius 3 is 2.41 bits per heavy atom. The number of aliphatic imine (C=N–C) groups is 1. The molecule has 1 aliphatic rings. The predicted molar refractivity (Wildman–Crippen MR) is 144 cm³/mol. The van der Waals surface area contributed by atoms with Gasteiger partial charge in [0.05, 0.1) is 5.69 Å². The molecule has 3 aromatic rings. The lowest BCUT2D eigenvalue weighted by molar-refractivity contribution is -0.129. The van der Waals surface area contributed by atoms with Crippen LogP contribution in [0.4, 0.5) is 11.4 Å². The van der Waals surface area contributed by atoms with Gasteiger partial charge in [-0.15, -0.1) is 0 Å². The summed E-state index contributed by atoms with van der Waals surface area (Å²) in [6, 6.07) is 21.9. The van der Waals surface area contributed by atoms with Gasteiger partial charge in [0.2, 0.25) is 11.8 Å². The number of carbonyl (C=O) groups excluding carboxylic acids is 2. The monoisotopic (exact) mass is 575 g/mol. The molecule has 1 saturated heterocycles. The summed E-state index contributed by atoms with van der Waals surface area (Å²) >= 11 is 16.7. The number of thioether (sulfide) groups is 1. The molecule has 0 aromatic heterocycles. The second-order valence-electron chi connectivity index (χ2n) is 7.60. The first-order valence-corrected chi connectivity index (χ1v) is 12.9. The number of nitrogens with zero attached hydrogens (tertiary/aromatic N) is 2. The molecule has 1 atom stereocenters. The van der Waals surface area contributed by atoms with E-state index >= 15 is 0 Å². The van der Waals surface area contributed by atoms with E-state index in [0.717, 1.165) is 10.0 Å². The molecule has 0 spiro atoms. The van der Waals surface area contributed by atoms with Gasteiger partial charge in [0.25, 0.3) is 0 Å². The highest BCUT2D eigenvalue weighted by molar-refractivity contribution is 9.10. The second-order valence-corrected chi connectivity index (χ2v) is 10.6. The fraction of sp³-hybridized carbons (Fsp3) is 0.160. The number of rotatable bonds is 6. The Labute approximate surface area is 220 Å². The van der Waals surface area contributed by atoms with Crippen LogP contribution in [0.5, 0.6) is 0 Å². The molecule has 0 saturated carbocycles. The fourth-order valence-corrected chi connectivity index (χ4v) is 5.14. The van der Waals surface area contributed by atoms with E-state index in [2.05, 4.69) is 26.2 Å². The Morgan fingerprint density at radius 2 is 1.74 bits per heavy atom. The lowest BCUT2D eigenvalue weighted by atomic mass is 10.1. The highest BCUT2D eigenvalue weighted by atomic mass is 79.9. The maximum atomic E-state index is 13.1. The molecular weight excluding hydrogens is 557 g/mol. The van der Waals surface area contributed by atoms with E-state index in [-0.39, 0.29) is 18.2 Å². The van der Waals surface area contributed by atoms with Crippen LogP contribution in [0.15, 0.2) is 82.3 Å². The molecule has 4 rings (SSSR count). The summed E-state index contributed by atoms with van der Waals surface area (Å²) in [5.41, 5.74) is 2.38. The molecule has 34 heavy (non-hydrogen) atoms. The SMILES string of the molecule is O=C(Nc1cccc(Br)c1)C1CC(=O)N(CCc2ccc(Cl)cc2)C(=Nc2ccc(Cl)cc2)S1. The fourth-order valence-electron chi connectivity index (χ4n) is 3.37. The smallest absolute Gasteiger partial charge is 0.238 e. The topological polar surface area (TPSA) is 61.8 Å². The minimum absolute atomic E-state index is 0.0881. The van der Waals surface area contributed by atoms with E-state index in [1.165, 1.54) is 11.8 Å². The molecule has 174 valence electrons. The Kier molecular flexibility index (Phi) is 8.32. The molecular formula is C25H20BrCl2N3O2S. The number of nitrogens with one attached hydrogen (secondary N) is 1. The van der Waals surface area contributed by atoms with Crippen molar-refractivity contribution in [3.63, 3.8) is 0 Å². The summed E-state index contributed by atoms with van der Waals surface area (Å²) in [5.74, 6) is -0.382. The number of hydrogen-bond acceptors (Lipinski definition) is 4. The Morgan fingerprint density at radius 1 is 1.06 bits per heavy atom. The highest BCUT2D eigenvalue weighted by Crippen LogP contribution is 2.31. The van der Waals surface area contributed by atoms with Gasteiger partial charge in [-0.3, -0.25) is 14.5 Å². The van der Waals surface area contributed by atoms with E-state index in [1.54, 1.807) is 35.2 Å². The average molecular weight is 577 g/mol. The Hall–Kier alpha value is -2.32.